The molecule has 1 rings (SSSR count). The van der Waals surface area contributed by atoms with E-state index < -0.39 is 0 Å². The van der Waals surface area contributed by atoms with Gasteiger partial charge in [0, 0.05) is 13.7 Å². The third-order valence-electron chi connectivity index (χ3n) is 2.03. The molecule has 0 aliphatic carbocycles. The van der Waals surface area contributed by atoms with E-state index in [-0.39, 0.29) is 0 Å². The molecule has 1 aromatic rings. The van der Waals surface area contributed by atoms with Crippen molar-refractivity contribution in [2.75, 3.05) is 19.5 Å². The molecule has 5 heteroatoms. The summed E-state index contributed by atoms with van der Waals surface area (Å²) in [6.07, 6.45) is 0. The predicted molar refractivity (Wildman–Crippen MR) is 57.4 cm³/mol. The summed E-state index contributed by atoms with van der Waals surface area (Å²) in [5, 5.41) is 4.79. The molecule has 0 bridgehead atoms. The highest BCUT2D eigenvalue weighted by Gasteiger charge is 2.12. The maximum Gasteiger partial charge on any atom is 0.140 e. The number of nitrogens with two attached hydrogens (primary N) is 1. The first kappa shape index (κ1) is 11.3. The number of nitrogens with zero attached hydrogens (tertiary/aromatic N) is 2. The third-order valence-corrected chi connectivity index (χ3v) is 2.49. The van der Waals surface area contributed by atoms with Crippen LogP contribution in [0.1, 0.15) is 12.6 Å². The van der Waals surface area contributed by atoms with Gasteiger partial charge < -0.3 is 10.5 Å². The molecule has 0 radical (unpaired) electrons. The van der Waals surface area contributed by atoms with Crippen LogP contribution in [-0.4, -0.2) is 23.5 Å². The number of hydrogen-bond acceptors (Lipinski definition) is 3. The average molecular weight is 218 g/mol. The van der Waals surface area contributed by atoms with Gasteiger partial charge in [-0.1, -0.05) is 18.5 Å². The number of methoxy groups -OCH3 is 1. The van der Waals surface area contributed by atoms with Crippen LogP contribution in [0.15, 0.2) is 0 Å². The lowest BCUT2D eigenvalue weighted by atomic mass is 10.2. The summed E-state index contributed by atoms with van der Waals surface area (Å²) in [5.41, 5.74) is 6.55. The van der Waals surface area contributed by atoms with Gasteiger partial charge in [-0.2, -0.15) is 5.10 Å². The van der Waals surface area contributed by atoms with Crippen LogP contribution < -0.4 is 5.73 Å². The summed E-state index contributed by atoms with van der Waals surface area (Å²) in [4.78, 5) is 0. The minimum atomic E-state index is 0.373. The Balaban J connectivity index is 2.72. The topological polar surface area (TPSA) is 53.1 Å². The summed E-state index contributed by atoms with van der Waals surface area (Å²) in [7, 11) is 1.68. The summed E-state index contributed by atoms with van der Waals surface area (Å²) in [6.45, 7) is 5.34. The standard InChI is InChI=1S/C9H16ClN3O/c1-6(5-14-3)4-13-9(11)8(10)7(2)12-13/h6H,4-5,11H2,1-3H3. The van der Waals surface area contributed by atoms with Gasteiger partial charge in [-0.3, -0.25) is 0 Å². The number of rotatable bonds is 4. The smallest absolute Gasteiger partial charge is 0.140 e. The molecule has 1 atom stereocenters. The second-order valence-electron chi connectivity index (χ2n) is 3.53. The van der Waals surface area contributed by atoms with E-state index in [9.17, 15) is 0 Å². The van der Waals surface area contributed by atoms with E-state index in [4.69, 9.17) is 22.1 Å². The van der Waals surface area contributed by atoms with E-state index >= 15 is 0 Å². The number of nitrogen functional groups attached to an aromatic ring is 1. The minimum Gasteiger partial charge on any atom is -0.384 e. The number of aromatic nitrogens is 2. The molecular weight excluding hydrogens is 202 g/mol. The Bertz CT molecular complexity index is 311. The summed E-state index contributed by atoms with van der Waals surface area (Å²) in [5.74, 6) is 0.907. The lowest BCUT2D eigenvalue weighted by molar-refractivity contribution is 0.149. The predicted octanol–water partition coefficient (Wildman–Crippen LogP) is 1.71. The Labute approximate surface area is 89.0 Å². The van der Waals surface area contributed by atoms with Gasteiger partial charge in [0.1, 0.15) is 10.8 Å². The van der Waals surface area contributed by atoms with Crippen LogP contribution >= 0.6 is 11.6 Å². The van der Waals surface area contributed by atoms with Gasteiger partial charge in [-0.15, -0.1) is 0 Å². The van der Waals surface area contributed by atoms with E-state index in [1.54, 1.807) is 11.8 Å². The average Bonchev–Trinajstić information content (AvgIpc) is 2.34. The van der Waals surface area contributed by atoms with Crippen molar-refractivity contribution in [2.45, 2.75) is 20.4 Å². The first-order valence-electron chi connectivity index (χ1n) is 4.53. The fraction of sp³-hybridized carbons (Fsp3) is 0.667. The molecule has 0 fully saturated rings. The van der Waals surface area contributed by atoms with Gasteiger partial charge in [0.2, 0.25) is 0 Å². The van der Waals surface area contributed by atoms with Crippen LogP contribution in [0.2, 0.25) is 5.02 Å². The zero-order valence-corrected chi connectivity index (χ0v) is 9.51. The van der Waals surface area contributed by atoms with Gasteiger partial charge in [0.25, 0.3) is 0 Å². The number of hydrogen-bond donors (Lipinski definition) is 1. The first-order chi connectivity index (χ1) is 6.56. The van der Waals surface area contributed by atoms with Crippen molar-refractivity contribution in [2.24, 2.45) is 5.92 Å². The molecule has 0 aliphatic heterocycles. The Morgan fingerprint density at radius 1 is 1.64 bits per heavy atom. The van der Waals surface area contributed by atoms with Gasteiger partial charge in [0.05, 0.1) is 12.3 Å². The molecule has 0 saturated carbocycles. The monoisotopic (exact) mass is 217 g/mol. The maximum absolute atomic E-state index is 5.92. The molecule has 0 aliphatic rings. The highest BCUT2D eigenvalue weighted by atomic mass is 35.5. The zero-order chi connectivity index (χ0) is 10.7. The number of anilines is 1. The Morgan fingerprint density at radius 2 is 2.29 bits per heavy atom. The molecular formula is C9H16ClN3O. The SMILES string of the molecule is COCC(C)Cn1nc(C)c(Cl)c1N. The fourth-order valence-corrected chi connectivity index (χ4v) is 1.48. The van der Waals surface area contributed by atoms with Crippen molar-refractivity contribution >= 4 is 17.4 Å². The van der Waals surface area contributed by atoms with Gasteiger partial charge in [0.15, 0.2) is 0 Å². The largest absolute Gasteiger partial charge is 0.384 e. The molecule has 80 valence electrons. The second-order valence-corrected chi connectivity index (χ2v) is 3.91. The van der Waals surface area contributed by atoms with Crippen molar-refractivity contribution in [1.82, 2.24) is 9.78 Å². The quantitative estimate of drug-likeness (QED) is 0.836. The van der Waals surface area contributed by atoms with E-state index in [1.165, 1.54) is 0 Å². The van der Waals surface area contributed by atoms with Crippen LogP contribution in [0.3, 0.4) is 0 Å². The van der Waals surface area contributed by atoms with Crippen LogP contribution in [0.5, 0.6) is 0 Å². The molecule has 0 spiro atoms. The molecule has 1 heterocycles. The maximum atomic E-state index is 5.92. The van der Waals surface area contributed by atoms with Gasteiger partial charge in [-0.25, -0.2) is 4.68 Å². The van der Waals surface area contributed by atoms with Crippen LogP contribution in [0, 0.1) is 12.8 Å². The zero-order valence-electron chi connectivity index (χ0n) is 8.75. The van der Waals surface area contributed by atoms with E-state index in [1.807, 2.05) is 6.92 Å². The Kier molecular flexibility index (Phi) is 3.77. The first-order valence-corrected chi connectivity index (χ1v) is 4.91. The highest BCUT2D eigenvalue weighted by Crippen LogP contribution is 2.22. The summed E-state index contributed by atoms with van der Waals surface area (Å²) < 4.78 is 6.76. The number of halogens is 1. The third kappa shape index (κ3) is 2.39. The van der Waals surface area contributed by atoms with Crippen molar-refractivity contribution in [3.05, 3.63) is 10.7 Å². The van der Waals surface area contributed by atoms with E-state index in [2.05, 4.69) is 12.0 Å². The van der Waals surface area contributed by atoms with E-state index in [0.717, 1.165) is 12.2 Å². The lowest BCUT2D eigenvalue weighted by Gasteiger charge is -2.11. The number of aryl methyl sites for hydroxylation is 1. The molecule has 2 N–H and O–H groups in total. The lowest BCUT2D eigenvalue weighted by Crippen LogP contribution is -2.15. The van der Waals surface area contributed by atoms with Gasteiger partial charge in [-0.05, 0) is 12.8 Å². The fourth-order valence-electron chi connectivity index (χ4n) is 1.35. The molecule has 1 aromatic heterocycles. The van der Waals surface area contributed by atoms with Crippen LogP contribution in [0.4, 0.5) is 5.82 Å². The van der Waals surface area contributed by atoms with Crippen LogP contribution in [0.25, 0.3) is 0 Å². The molecule has 1 unspecified atom stereocenters. The van der Waals surface area contributed by atoms with Crippen molar-refractivity contribution in [3.8, 4) is 0 Å². The van der Waals surface area contributed by atoms with Crippen LogP contribution in [-0.2, 0) is 11.3 Å². The van der Waals surface area contributed by atoms with E-state index in [0.29, 0.717) is 23.4 Å². The minimum absolute atomic E-state index is 0.373. The normalized spacial score (nSPS) is 13.1. The Hall–Kier alpha value is -0.740. The van der Waals surface area contributed by atoms with Crippen molar-refractivity contribution in [3.63, 3.8) is 0 Å². The van der Waals surface area contributed by atoms with Crippen molar-refractivity contribution in [1.29, 1.82) is 0 Å². The summed E-state index contributed by atoms with van der Waals surface area (Å²) in [6, 6.07) is 0. The molecule has 14 heavy (non-hydrogen) atoms. The second kappa shape index (κ2) is 4.66. The van der Waals surface area contributed by atoms with Crippen molar-refractivity contribution < 1.29 is 4.74 Å². The summed E-state index contributed by atoms with van der Waals surface area (Å²) >= 11 is 5.92. The molecule has 4 nitrogen and oxygen atoms in total. The highest BCUT2D eigenvalue weighted by molar-refractivity contribution is 6.33. The van der Waals surface area contributed by atoms with Gasteiger partial charge >= 0.3 is 0 Å². The Morgan fingerprint density at radius 3 is 2.71 bits per heavy atom. The molecule has 0 amide bonds. The molecule has 0 saturated heterocycles. The molecule has 0 aromatic carbocycles. The number of ether oxygens (including phenoxy) is 1.